The zero-order chi connectivity index (χ0) is 19.9. The molecule has 0 bridgehead atoms. The molecule has 0 spiro atoms. The number of likely N-dealkylation sites (tertiary alicyclic amines) is 1. The standard InChI is InChI=1S/C18H24FN7O2/c19-15(10-26-11-16(23-24-26)14-8-21-12-22-9-14)13-4-6-25(7-5-13)18(28)3-1-2-17(20)27/h8-9,11-13,15H,1-7,10H2,(H2,20,27). The molecule has 1 saturated heterocycles. The molecule has 3 rings (SSSR count). The molecule has 2 aromatic rings. The molecule has 0 aromatic carbocycles. The molecule has 1 aliphatic heterocycles. The van der Waals surface area contributed by atoms with Crippen molar-refractivity contribution in [3.8, 4) is 11.3 Å². The third-order valence-corrected chi connectivity index (χ3v) is 4.97. The van der Waals surface area contributed by atoms with Gasteiger partial charge in [-0.05, 0) is 25.2 Å². The third-order valence-electron chi connectivity index (χ3n) is 4.97. The minimum absolute atomic E-state index is 0.00102. The monoisotopic (exact) mass is 389 g/mol. The Hall–Kier alpha value is -2.91. The zero-order valence-corrected chi connectivity index (χ0v) is 15.6. The number of nitrogens with zero attached hydrogens (tertiary/aromatic N) is 6. The van der Waals surface area contributed by atoms with Gasteiger partial charge >= 0.3 is 0 Å². The Labute approximate surface area is 162 Å². The van der Waals surface area contributed by atoms with Gasteiger partial charge < -0.3 is 10.6 Å². The topological polar surface area (TPSA) is 120 Å². The van der Waals surface area contributed by atoms with E-state index in [1.54, 1.807) is 23.5 Å². The highest BCUT2D eigenvalue weighted by molar-refractivity contribution is 5.78. The minimum atomic E-state index is -1.06. The molecule has 1 fully saturated rings. The molecule has 0 aliphatic carbocycles. The normalized spacial score (nSPS) is 16.1. The van der Waals surface area contributed by atoms with E-state index in [0.29, 0.717) is 44.5 Å². The van der Waals surface area contributed by atoms with Crippen molar-refractivity contribution in [2.45, 2.75) is 44.8 Å². The molecule has 0 saturated carbocycles. The molecule has 0 radical (unpaired) electrons. The van der Waals surface area contributed by atoms with Crippen LogP contribution in [-0.4, -0.2) is 60.9 Å². The molecule has 2 aromatic heterocycles. The van der Waals surface area contributed by atoms with Crippen molar-refractivity contribution in [3.05, 3.63) is 24.9 Å². The molecular formula is C18H24FN7O2. The lowest BCUT2D eigenvalue weighted by molar-refractivity contribution is -0.133. The van der Waals surface area contributed by atoms with Gasteiger partial charge in [-0.15, -0.1) is 5.10 Å². The van der Waals surface area contributed by atoms with Crippen LogP contribution < -0.4 is 5.73 Å². The largest absolute Gasteiger partial charge is 0.370 e. The lowest BCUT2D eigenvalue weighted by Gasteiger charge is -2.33. The van der Waals surface area contributed by atoms with Crippen molar-refractivity contribution in [2.75, 3.05) is 13.1 Å². The molecule has 1 atom stereocenters. The van der Waals surface area contributed by atoms with Crippen molar-refractivity contribution in [3.63, 3.8) is 0 Å². The number of carbonyl (C=O) groups is 2. The maximum absolute atomic E-state index is 14.7. The number of aromatic nitrogens is 5. The quantitative estimate of drug-likeness (QED) is 0.718. The molecule has 28 heavy (non-hydrogen) atoms. The smallest absolute Gasteiger partial charge is 0.222 e. The fourth-order valence-corrected chi connectivity index (χ4v) is 3.36. The zero-order valence-electron chi connectivity index (χ0n) is 15.6. The van der Waals surface area contributed by atoms with Crippen LogP contribution in [0, 0.1) is 5.92 Å². The van der Waals surface area contributed by atoms with E-state index in [-0.39, 0.29) is 24.8 Å². The number of hydrogen-bond donors (Lipinski definition) is 1. The van der Waals surface area contributed by atoms with Gasteiger partial charge in [-0.25, -0.2) is 19.0 Å². The second kappa shape index (κ2) is 9.34. The molecule has 150 valence electrons. The number of hydrogen-bond acceptors (Lipinski definition) is 6. The van der Waals surface area contributed by atoms with Gasteiger partial charge in [0.1, 0.15) is 18.2 Å². The van der Waals surface area contributed by atoms with E-state index in [4.69, 9.17) is 5.73 Å². The highest BCUT2D eigenvalue weighted by Gasteiger charge is 2.29. The highest BCUT2D eigenvalue weighted by atomic mass is 19.1. The van der Waals surface area contributed by atoms with Crippen LogP contribution in [0.25, 0.3) is 11.3 Å². The predicted molar refractivity (Wildman–Crippen MR) is 98.3 cm³/mol. The lowest BCUT2D eigenvalue weighted by Crippen LogP contribution is -2.41. The fourth-order valence-electron chi connectivity index (χ4n) is 3.36. The molecular weight excluding hydrogens is 365 g/mol. The van der Waals surface area contributed by atoms with Gasteiger partial charge in [-0.2, -0.15) is 0 Å². The number of halogens is 1. The van der Waals surface area contributed by atoms with E-state index in [1.165, 1.54) is 11.0 Å². The summed E-state index contributed by atoms with van der Waals surface area (Å²) in [7, 11) is 0. The van der Waals surface area contributed by atoms with Crippen LogP contribution in [0.5, 0.6) is 0 Å². The van der Waals surface area contributed by atoms with Crippen LogP contribution in [-0.2, 0) is 16.1 Å². The summed E-state index contributed by atoms with van der Waals surface area (Å²) in [6.45, 7) is 1.19. The van der Waals surface area contributed by atoms with Crippen molar-refractivity contribution < 1.29 is 14.0 Å². The van der Waals surface area contributed by atoms with Gasteiger partial charge in [0, 0.05) is 43.9 Å². The Balaban J connectivity index is 1.45. The average molecular weight is 389 g/mol. The molecule has 10 heteroatoms. The van der Waals surface area contributed by atoms with Crippen LogP contribution in [0.4, 0.5) is 4.39 Å². The summed E-state index contributed by atoms with van der Waals surface area (Å²) < 4.78 is 16.2. The molecule has 2 N–H and O–H groups in total. The maximum atomic E-state index is 14.7. The van der Waals surface area contributed by atoms with E-state index in [2.05, 4.69) is 20.3 Å². The first-order valence-corrected chi connectivity index (χ1v) is 9.38. The molecule has 2 amide bonds. The Morgan fingerprint density at radius 3 is 2.61 bits per heavy atom. The first-order chi connectivity index (χ1) is 13.5. The Morgan fingerprint density at radius 2 is 1.93 bits per heavy atom. The summed E-state index contributed by atoms with van der Waals surface area (Å²) in [5, 5.41) is 8.03. The van der Waals surface area contributed by atoms with E-state index < -0.39 is 12.1 Å². The fraction of sp³-hybridized carbons (Fsp3) is 0.556. The number of primary amides is 1. The number of amides is 2. The van der Waals surface area contributed by atoms with Gasteiger partial charge in [0.25, 0.3) is 0 Å². The van der Waals surface area contributed by atoms with Crippen LogP contribution in [0.1, 0.15) is 32.1 Å². The Kier molecular flexibility index (Phi) is 6.62. The second-order valence-corrected chi connectivity index (χ2v) is 7.01. The van der Waals surface area contributed by atoms with Gasteiger partial charge in [-0.3, -0.25) is 9.59 Å². The van der Waals surface area contributed by atoms with Crippen LogP contribution in [0.15, 0.2) is 24.9 Å². The first kappa shape index (κ1) is 19.8. The third kappa shape index (κ3) is 5.30. The lowest BCUT2D eigenvalue weighted by atomic mass is 9.92. The number of alkyl halides is 1. The number of carbonyl (C=O) groups excluding carboxylic acids is 2. The summed E-state index contributed by atoms with van der Waals surface area (Å²) in [5.74, 6) is -0.522. The average Bonchev–Trinajstić information content (AvgIpc) is 3.17. The van der Waals surface area contributed by atoms with Crippen molar-refractivity contribution in [2.24, 2.45) is 11.7 Å². The second-order valence-electron chi connectivity index (χ2n) is 7.01. The van der Waals surface area contributed by atoms with Gasteiger partial charge in [0.2, 0.25) is 11.8 Å². The van der Waals surface area contributed by atoms with E-state index in [9.17, 15) is 14.0 Å². The highest BCUT2D eigenvalue weighted by Crippen LogP contribution is 2.25. The van der Waals surface area contributed by atoms with Crippen LogP contribution in [0.3, 0.4) is 0 Å². The Bertz CT molecular complexity index is 790. The number of rotatable bonds is 8. The van der Waals surface area contributed by atoms with E-state index >= 15 is 0 Å². The van der Waals surface area contributed by atoms with Crippen molar-refractivity contribution in [1.82, 2.24) is 29.9 Å². The predicted octanol–water partition coefficient (Wildman–Crippen LogP) is 0.967. The Morgan fingerprint density at radius 1 is 1.21 bits per heavy atom. The van der Waals surface area contributed by atoms with E-state index in [1.807, 2.05) is 0 Å². The summed E-state index contributed by atoms with van der Waals surface area (Å²) in [4.78, 5) is 32.5. The van der Waals surface area contributed by atoms with Crippen molar-refractivity contribution in [1.29, 1.82) is 0 Å². The molecule has 1 unspecified atom stereocenters. The van der Waals surface area contributed by atoms with Gasteiger partial charge in [0.05, 0.1) is 12.7 Å². The van der Waals surface area contributed by atoms with Crippen molar-refractivity contribution >= 4 is 11.8 Å². The van der Waals surface area contributed by atoms with E-state index in [0.717, 1.165) is 5.56 Å². The molecule has 1 aliphatic rings. The number of nitrogens with two attached hydrogens (primary N) is 1. The summed E-state index contributed by atoms with van der Waals surface area (Å²) >= 11 is 0. The summed E-state index contributed by atoms with van der Waals surface area (Å²) in [6.07, 6.45) is 7.50. The van der Waals surface area contributed by atoms with Gasteiger partial charge in [0.15, 0.2) is 0 Å². The number of piperidine rings is 1. The first-order valence-electron chi connectivity index (χ1n) is 9.38. The maximum Gasteiger partial charge on any atom is 0.222 e. The summed E-state index contributed by atoms with van der Waals surface area (Å²) in [6, 6.07) is 0. The van der Waals surface area contributed by atoms with Gasteiger partial charge in [-0.1, -0.05) is 5.21 Å². The van der Waals surface area contributed by atoms with Crippen LogP contribution in [0.2, 0.25) is 0 Å². The molecule has 9 nitrogen and oxygen atoms in total. The molecule has 3 heterocycles. The van der Waals surface area contributed by atoms with Crippen LogP contribution >= 0.6 is 0 Å². The SMILES string of the molecule is NC(=O)CCCC(=O)N1CCC(C(F)Cn2cc(-c3cncnc3)nn2)CC1. The minimum Gasteiger partial charge on any atom is -0.370 e. The summed E-state index contributed by atoms with van der Waals surface area (Å²) in [5.41, 5.74) is 6.41.